The van der Waals surface area contributed by atoms with Gasteiger partial charge in [-0.05, 0) is 25.8 Å². The van der Waals surface area contributed by atoms with Gasteiger partial charge in [0.05, 0.1) is 6.61 Å². The maximum atomic E-state index is 11.8. The average molecular weight is 248 g/mol. The van der Waals surface area contributed by atoms with Crippen LogP contribution in [-0.4, -0.2) is 18.7 Å². The largest absolute Gasteiger partial charge is 0.464 e. The van der Waals surface area contributed by atoms with Crippen LogP contribution in [0.25, 0.3) is 0 Å². The summed E-state index contributed by atoms with van der Waals surface area (Å²) in [6.45, 7) is 6.52. The maximum absolute atomic E-state index is 11.8. The number of hydrogen-bond acceptors (Lipinski definition) is 3. The Bertz CT molecular complexity index is 424. The van der Waals surface area contributed by atoms with Gasteiger partial charge >= 0.3 is 5.97 Å². The van der Waals surface area contributed by atoms with Gasteiger partial charge in [0, 0.05) is 0 Å². The zero-order chi connectivity index (χ0) is 13.2. The van der Waals surface area contributed by atoms with E-state index in [4.69, 9.17) is 9.47 Å². The van der Waals surface area contributed by atoms with Gasteiger partial charge in [0.2, 0.25) is 0 Å². The van der Waals surface area contributed by atoms with Gasteiger partial charge in [-0.25, -0.2) is 4.79 Å². The molecule has 98 valence electrons. The number of rotatable bonds is 5. The zero-order valence-corrected chi connectivity index (χ0v) is 11.2. The Balaban J connectivity index is 1.95. The minimum atomic E-state index is -0.503. The summed E-state index contributed by atoms with van der Waals surface area (Å²) in [4.78, 5) is 11.8. The van der Waals surface area contributed by atoms with Crippen LogP contribution >= 0.6 is 0 Å². The molecule has 0 amide bonds. The molecule has 1 aromatic rings. The van der Waals surface area contributed by atoms with Crippen LogP contribution < -0.4 is 0 Å². The maximum Gasteiger partial charge on any atom is 0.338 e. The van der Waals surface area contributed by atoms with E-state index in [0.717, 1.165) is 18.4 Å². The van der Waals surface area contributed by atoms with Crippen LogP contribution in [0.1, 0.15) is 37.8 Å². The Morgan fingerprint density at radius 2 is 2.06 bits per heavy atom. The molecule has 0 N–H and O–H groups in total. The lowest BCUT2D eigenvalue weighted by Gasteiger charge is -2.07. The molecule has 2 rings (SSSR count). The van der Waals surface area contributed by atoms with Gasteiger partial charge in [-0.15, -0.1) is 0 Å². The van der Waals surface area contributed by atoms with Gasteiger partial charge in [0.15, 0.2) is 6.10 Å². The molecule has 0 radical (unpaired) electrons. The molecule has 1 aliphatic rings. The molecular weight excluding hydrogens is 228 g/mol. The molecule has 0 aliphatic carbocycles. The van der Waals surface area contributed by atoms with Crippen LogP contribution in [0.3, 0.4) is 0 Å². The van der Waals surface area contributed by atoms with Crippen molar-refractivity contribution in [1.82, 2.24) is 0 Å². The lowest BCUT2D eigenvalue weighted by Crippen LogP contribution is -2.19. The van der Waals surface area contributed by atoms with E-state index >= 15 is 0 Å². The summed E-state index contributed by atoms with van der Waals surface area (Å²) < 4.78 is 10.7. The highest BCUT2D eigenvalue weighted by Gasteiger charge is 2.59. The van der Waals surface area contributed by atoms with E-state index < -0.39 is 11.7 Å². The number of unbranched alkanes of at least 4 members (excludes halogenated alkanes) is 1. The van der Waals surface area contributed by atoms with Crippen molar-refractivity contribution in [2.75, 3.05) is 6.61 Å². The normalized spacial score (nSPS) is 25.8. The summed E-state index contributed by atoms with van der Waals surface area (Å²) in [6.07, 6.45) is 1.48. The Hall–Kier alpha value is -1.35. The monoisotopic (exact) mass is 248 g/mol. The van der Waals surface area contributed by atoms with Gasteiger partial charge in [0.1, 0.15) is 5.60 Å². The van der Waals surface area contributed by atoms with E-state index in [9.17, 15) is 4.79 Å². The van der Waals surface area contributed by atoms with Crippen molar-refractivity contribution in [3.63, 3.8) is 0 Å². The van der Waals surface area contributed by atoms with Crippen molar-refractivity contribution >= 4 is 5.97 Å². The summed E-state index contributed by atoms with van der Waals surface area (Å²) in [5.74, 6) is -0.244. The molecular formula is C15H20O3. The molecule has 0 bridgehead atoms. The molecule has 0 aromatic heterocycles. The molecule has 1 aromatic carbocycles. The second-order valence-corrected chi connectivity index (χ2v) is 4.99. The predicted molar refractivity (Wildman–Crippen MR) is 69.3 cm³/mol. The Labute approximate surface area is 108 Å². The zero-order valence-electron chi connectivity index (χ0n) is 11.2. The van der Waals surface area contributed by atoms with Gasteiger partial charge in [0.25, 0.3) is 0 Å². The third-order valence-corrected chi connectivity index (χ3v) is 3.39. The molecule has 1 heterocycles. The van der Waals surface area contributed by atoms with Gasteiger partial charge in [-0.1, -0.05) is 43.2 Å². The first kappa shape index (κ1) is 13.1. The van der Waals surface area contributed by atoms with Crippen LogP contribution in [0.4, 0.5) is 0 Å². The second kappa shape index (κ2) is 5.11. The summed E-state index contributed by atoms with van der Waals surface area (Å²) >= 11 is 0. The van der Waals surface area contributed by atoms with E-state index in [1.807, 2.05) is 38.1 Å². The molecule has 0 saturated carbocycles. The van der Waals surface area contributed by atoms with E-state index in [0.29, 0.717) is 6.61 Å². The van der Waals surface area contributed by atoms with Crippen molar-refractivity contribution in [1.29, 1.82) is 0 Å². The number of aryl methyl sites for hydroxylation is 1. The predicted octanol–water partition coefficient (Wildman–Crippen LogP) is 2.95. The van der Waals surface area contributed by atoms with Crippen molar-refractivity contribution < 1.29 is 14.3 Å². The fourth-order valence-corrected chi connectivity index (χ4v) is 1.98. The van der Waals surface area contributed by atoms with Crippen LogP contribution in [0.2, 0.25) is 0 Å². The molecule has 1 saturated heterocycles. The third kappa shape index (κ3) is 2.56. The Morgan fingerprint density at radius 1 is 1.39 bits per heavy atom. The summed E-state index contributed by atoms with van der Waals surface area (Å²) in [5.41, 5.74) is 1.73. The van der Waals surface area contributed by atoms with Crippen molar-refractivity contribution in [2.45, 2.75) is 45.3 Å². The second-order valence-electron chi connectivity index (χ2n) is 4.99. The number of epoxide rings is 1. The van der Waals surface area contributed by atoms with E-state index in [1.54, 1.807) is 0 Å². The molecule has 3 heteroatoms. The van der Waals surface area contributed by atoms with E-state index in [1.165, 1.54) is 5.56 Å². The quantitative estimate of drug-likeness (QED) is 0.457. The van der Waals surface area contributed by atoms with E-state index in [2.05, 4.69) is 6.92 Å². The van der Waals surface area contributed by atoms with Gasteiger partial charge in [-0.3, -0.25) is 0 Å². The summed E-state index contributed by atoms with van der Waals surface area (Å²) in [6, 6.07) is 8.08. The molecule has 0 spiro atoms. The Kier molecular flexibility index (Phi) is 3.71. The van der Waals surface area contributed by atoms with Crippen molar-refractivity contribution in [3.05, 3.63) is 35.4 Å². The van der Waals surface area contributed by atoms with Crippen LogP contribution in [0, 0.1) is 6.92 Å². The molecule has 1 fully saturated rings. The minimum absolute atomic E-state index is 0.244. The van der Waals surface area contributed by atoms with Crippen LogP contribution in [-0.2, 0) is 19.9 Å². The minimum Gasteiger partial charge on any atom is -0.464 e. The third-order valence-electron chi connectivity index (χ3n) is 3.39. The van der Waals surface area contributed by atoms with Crippen LogP contribution in [0.5, 0.6) is 0 Å². The van der Waals surface area contributed by atoms with Gasteiger partial charge < -0.3 is 9.47 Å². The Morgan fingerprint density at radius 3 is 2.67 bits per heavy atom. The highest BCUT2D eigenvalue weighted by Crippen LogP contribution is 2.46. The first-order chi connectivity index (χ1) is 8.58. The topological polar surface area (TPSA) is 38.8 Å². The van der Waals surface area contributed by atoms with Crippen molar-refractivity contribution in [2.24, 2.45) is 0 Å². The highest BCUT2D eigenvalue weighted by atomic mass is 16.7. The lowest BCUT2D eigenvalue weighted by molar-refractivity contribution is -0.145. The molecule has 1 aliphatic heterocycles. The smallest absolute Gasteiger partial charge is 0.338 e. The number of benzene rings is 1. The SMILES string of the molecule is CCCCOC(=O)[C@H]1O[C@@]1(C)c1ccc(C)cc1. The van der Waals surface area contributed by atoms with E-state index in [-0.39, 0.29) is 5.97 Å². The lowest BCUT2D eigenvalue weighted by atomic mass is 9.96. The van der Waals surface area contributed by atoms with Crippen molar-refractivity contribution in [3.8, 4) is 0 Å². The molecule has 2 atom stereocenters. The molecule has 0 unspecified atom stereocenters. The molecule has 18 heavy (non-hydrogen) atoms. The molecule has 3 nitrogen and oxygen atoms in total. The number of ether oxygens (including phenoxy) is 2. The van der Waals surface area contributed by atoms with Gasteiger partial charge in [-0.2, -0.15) is 0 Å². The standard InChI is InChI=1S/C15H20O3/c1-4-5-10-17-14(16)13-15(3,18-13)12-8-6-11(2)7-9-12/h6-9,13H,4-5,10H2,1-3H3/t13-,15+/m1/s1. The highest BCUT2D eigenvalue weighted by molar-refractivity contribution is 5.79. The fraction of sp³-hybridized carbons (Fsp3) is 0.533. The summed E-state index contributed by atoms with van der Waals surface area (Å²) in [7, 11) is 0. The first-order valence-corrected chi connectivity index (χ1v) is 6.49. The first-order valence-electron chi connectivity index (χ1n) is 6.49. The number of hydrogen-bond donors (Lipinski definition) is 0. The number of esters is 1. The number of carbonyl (C=O) groups is 1. The number of carbonyl (C=O) groups excluding carboxylic acids is 1. The average Bonchev–Trinajstić information content (AvgIpc) is 3.04. The van der Waals surface area contributed by atoms with Crippen LogP contribution in [0.15, 0.2) is 24.3 Å². The summed E-state index contributed by atoms with van der Waals surface area (Å²) in [5, 5.41) is 0. The fourth-order valence-electron chi connectivity index (χ4n) is 1.98.